The molecule has 0 heterocycles. The van der Waals surface area contributed by atoms with E-state index in [9.17, 15) is 0 Å². The first-order valence-corrected chi connectivity index (χ1v) is 22.2. The summed E-state index contributed by atoms with van der Waals surface area (Å²) < 4.78 is 0. The molecule has 64 heavy (non-hydrogen) atoms. The largest absolute Gasteiger partial charge is 0.309 e. The van der Waals surface area contributed by atoms with Gasteiger partial charge in [0.05, 0.1) is 16.8 Å². The Balaban J connectivity index is 1.07. The zero-order chi connectivity index (χ0) is 42.5. The van der Waals surface area contributed by atoms with Crippen LogP contribution in [0.2, 0.25) is 0 Å². The quantitative estimate of drug-likeness (QED) is 0.148. The molecule has 0 unspecified atom stereocenters. The Hall–Kier alpha value is -8.26. The van der Waals surface area contributed by atoms with Gasteiger partial charge in [0.2, 0.25) is 0 Å². The van der Waals surface area contributed by atoms with Crippen molar-refractivity contribution in [1.29, 1.82) is 0 Å². The van der Waals surface area contributed by atoms with Crippen LogP contribution in [0.25, 0.3) is 66.1 Å². The fourth-order valence-corrected chi connectivity index (χ4v) is 10.5. The minimum atomic E-state index is -0.521. The molecule has 12 rings (SSSR count). The van der Waals surface area contributed by atoms with Crippen LogP contribution in [-0.2, 0) is 5.41 Å². The second-order valence-corrected chi connectivity index (χ2v) is 16.8. The molecule has 0 N–H and O–H groups in total. The van der Waals surface area contributed by atoms with Crippen LogP contribution in [0.15, 0.2) is 261 Å². The van der Waals surface area contributed by atoms with Gasteiger partial charge in [0.25, 0.3) is 0 Å². The van der Waals surface area contributed by atoms with Gasteiger partial charge in [-0.3, -0.25) is 0 Å². The van der Waals surface area contributed by atoms with E-state index in [0.717, 1.165) is 28.2 Å². The Bertz CT molecular complexity index is 3430. The van der Waals surface area contributed by atoms with Gasteiger partial charge in [0, 0.05) is 16.8 Å². The Kier molecular flexibility index (Phi) is 9.13. The summed E-state index contributed by atoms with van der Waals surface area (Å²) >= 11 is 0. The minimum absolute atomic E-state index is 0.521. The van der Waals surface area contributed by atoms with E-state index >= 15 is 0 Å². The SMILES string of the molecule is c1ccc(C2(c3ccccc3)c3ccccc3-c3c(N(c4ccc(-c5ccc6ccccc6c5)cc4)c4ccccc4-c4ccc(-c5cccc6ccccc56)cc4)cccc32)cc1. The summed E-state index contributed by atoms with van der Waals surface area (Å²) in [6.07, 6.45) is 0. The molecule has 0 saturated carbocycles. The maximum Gasteiger partial charge on any atom is 0.0714 e. The number of rotatable bonds is 8. The lowest BCUT2D eigenvalue weighted by molar-refractivity contribution is 0.768. The van der Waals surface area contributed by atoms with E-state index in [1.54, 1.807) is 0 Å². The molecule has 0 saturated heterocycles. The van der Waals surface area contributed by atoms with Gasteiger partial charge in [-0.25, -0.2) is 0 Å². The second-order valence-electron chi connectivity index (χ2n) is 16.8. The van der Waals surface area contributed by atoms with Crippen molar-refractivity contribution in [1.82, 2.24) is 0 Å². The zero-order valence-electron chi connectivity index (χ0n) is 35.3. The number of hydrogen-bond donors (Lipinski definition) is 0. The van der Waals surface area contributed by atoms with Crippen molar-refractivity contribution >= 4 is 38.6 Å². The average molecular weight is 814 g/mol. The van der Waals surface area contributed by atoms with Crippen molar-refractivity contribution in [3.8, 4) is 44.5 Å². The van der Waals surface area contributed by atoms with Crippen molar-refractivity contribution in [2.45, 2.75) is 5.41 Å². The fourth-order valence-electron chi connectivity index (χ4n) is 10.5. The van der Waals surface area contributed by atoms with Crippen LogP contribution >= 0.6 is 0 Å². The third kappa shape index (κ3) is 6.08. The number of hydrogen-bond acceptors (Lipinski definition) is 1. The molecule has 11 aromatic carbocycles. The molecule has 1 aliphatic carbocycles. The number of para-hydroxylation sites is 1. The summed E-state index contributed by atoms with van der Waals surface area (Å²) in [7, 11) is 0. The lowest BCUT2D eigenvalue weighted by Gasteiger charge is -2.34. The molecule has 0 aliphatic heterocycles. The predicted molar refractivity (Wildman–Crippen MR) is 270 cm³/mol. The molecular formula is C63H43N. The highest BCUT2D eigenvalue weighted by atomic mass is 15.1. The van der Waals surface area contributed by atoms with Crippen LogP contribution in [0, 0.1) is 0 Å². The number of anilines is 3. The van der Waals surface area contributed by atoms with Gasteiger partial charge in [-0.15, -0.1) is 0 Å². The Morgan fingerprint density at radius 1 is 0.281 bits per heavy atom. The van der Waals surface area contributed by atoms with Crippen LogP contribution in [0.3, 0.4) is 0 Å². The first-order valence-electron chi connectivity index (χ1n) is 22.2. The third-order valence-electron chi connectivity index (χ3n) is 13.4. The van der Waals surface area contributed by atoms with Crippen LogP contribution < -0.4 is 4.90 Å². The topological polar surface area (TPSA) is 3.24 Å². The van der Waals surface area contributed by atoms with Crippen molar-refractivity contribution in [2.24, 2.45) is 0 Å². The number of nitrogens with zero attached hydrogens (tertiary/aromatic N) is 1. The predicted octanol–water partition coefficient (Wildman–Crippen LogP) is 16.8. The van der Waals surface area contributed by atoms with E-state index in [-0.39, 0.29) is 0 Å². The minimum Gasteiger partial charge on any atom is -0.309 e. The first-order chi connectivity index (χ1) is 31.8. The average Bonchev–Trinajstić information content (AvgIpc) is 3.69. The molecule has 1 nitrogen and oxygen atoms in total. The Morgan fingerprint density at radius 2 is 0.781 bits per heavy atom. The van der Waals surface area contributed by atoms with E-state index in [4.69, 9.17) is 0 Å². The second kappa shape index (κ2) is 15.6. The molecule has 1 heteroatoms. The van der Waals surface area contributed by atoms with E-state index in [2.05, 4.69) is 266 Å². The summed E-state index contributed by atoms with van der Waals surface area (Å²) in [6.45, 7) is 0. The normalized spacial score (nSPS) is 12.5. The summed E-state index contributed by atoms with van der Waals surface area (Å²) in [5.74, 6) is 0. The van der Waals surface area contributed by atoms with Gasteiger partial charge >= 0.3 is 0 Å². The monoisotopic (exact) mass is 813 g/mol. The van der Waals surface area contributed by atoms with Gasteiger partial charge in [0.1, 0.15) is 0 Å². The Labute approximate surface area is 374 Å². The van der Waals surface area contributed by atoms with Crippen molar-refractivity contribution < 1.29 is 0 Å². The first kappa shape index (κ1) is 37.5. The van der Waals surface area contributed by atoms with E-state index in [1.807, 2.05) is 0 Å². The van der Waals surface area contributed by atoms with Gasteiger partial charge in [-0.1, -0.05) is 231 Å². The summed E-state index contributed by atoms with van der Waals surface area (Å²) in [4.78, 5) is 2.50. The van der Waals surface area contributed by atoms with Gasteiger partial charge in [0.15, 0.2) is 0 Å². The van der Waals surface area contributed by atoms with E-state index in [0.29, 0.717) is 0 Å². The molecule has 0 bridgehead atoms. The molecule has 11 aromatic rings. The molecule has 0 radical (unpaired) electrons. The molecule has 0 amide bonds. The van der Waals surface area contributed by atoms with Crippen LogP contribution in [0.4, 0.5) is 17.1 Å². The van der Waals surface area contributed by atoms with Crippen LogP contribution in [-0.4, -0.2) is 0 Å². The Morgan fingerprint density at radius 3 is 1.53 bits per heavy atom. The molecule has 0 atom stereocenters. The highest BCUT2D eigenvalue weighted by Gasteiger charge is 2.47. The summed E-state index contributed by atoms with van der Waals surface area (Å²) in [6, 6.07) is 95.9. The number of benzene rings is 11. The van der Waals surface area contributed by atoms with Gasteiger partial charge < -0.3 is 4.90 Å². The van der Waals surface area contributed by atoms with Crippen LogP contribution in [0.1, 0.15) is 22.3 Å². The van der Waals surface area contributed by atoms with Gasteiger partial charge in [-0.2, -0.15) is 0 Å². The zero-order valence-corrected chi connectivity index (χ0v) is 35.3. The summed E-state index contributed by atoms with van der Waals surface area (Å²) in [5.41, 5.74) is 17.5. The van der Waals surface area contributed by atoms with E-state index < -0.39 is 5.41 Å². The van der Waals surface area contributed by atoms with Crippen molar-refractivity contribution in [2.75, 3.05) is 4.90 Å². The molecule has 0 spiro atoms. The maximum absolute atomic E-state index is 2.50. The van der Waals surface area contributed by atoms with Gasteiger partial charge in [-0.05, 0) is 108 Å². The highest BCUT2D eigenvalue weighted by Crippen LogP contribution is 2.60. The molecule has 0 fully saturated rings. The smallest absolute Gasteiger partial charge is 0.0714 e. The molecule has 1 aliphatic rings. The standard InChI is InChI=1S/C63H43N/c1-3-21-51(22-4-1)63(52-23-5-2-6-24-52)58-29-13-11-27-57(58)62-59(63)30-16-32-61(62)64(53-41-39-45(40-42-53)50-38-33-44-17-7-8-19-49(44)43-50)60-31-14-12-26-56(60)48-36-34-47(35-37-48)55-28-15-20-46-18-9-10-25-54(46)55/h1-43H. The van der Waals surface area contributed by atoms with Crippen LogP contribution in [0.5, 0.6) is 0 Å². The maximum atomic E-state index is 2.50. The highest BCUT2D eigenvalue weighted by molar-refractivity contribution is 6.01. The summed E-state index contributed by atoms with van der Waals surface area (Å²) in [5, 5.41) is 5.00. The molecule has 300 valence electrons. The lowest BCUT2D eigenvalue weighted by atomic mass is 9.68. The molecular weight excluding hydrogens is 771 g/mol. The number of fused-ring (bicyclic) bond motifs is 5. The lowest BCUT2D eigenvalue weighted by Crippen LogP contribution is -2.28. The van der Waals surface area contributed by atoms with Crippen molar-refractivity contribution in [3.05, 3.63) is 283 Å². The molecule has 0 aromatic heterocycles. The fraction of sp³-hybridized carbons (Fsp3) is 0.0159. The van der Waals surface area contributed by atoms with E-state index in [1.165, 1.54) is 77.2 Å². The third-order valence-corrected chi connectivity index (χ3v) is 13.4. The van der Waals surface area contributed by atoms with Crippen molar-refractivity contribution in [3.63, 3.8) is 0 Å².